The number of aromatic nitrogens is 5. The van der Waals surface area contributed by atoms with Gasteiger partial charge in [-0.2, -0.15) is 0 Å². The highest BCUT2D eigenvalue weighted by Crippen LogP contribution is 2.37. The van der Waals surface area contributed by atoms with Crippen LogP contribution in [0.5, 0.6) is 0 Å². The van der Waals surface area contributed by atoms with Gasteiger partial charge in [0.05, 0.1) is 33.1 Å². The zero-order valence-electron chi connectivity index (χ0n) is 21.4. The maximum absolute atomic E-state index is 5.35. The number of rotatable bonds is 2. The average molecular weight is 512 g/mol. The summed E-state index contributed by atoms with van der Waals surface area (Å²) in [7, 11) is 0. The van der Waals surface area contributed by atoms with Crippen LogP contribution < -0.4 is 0 Å². The minimum atomic E-state index is 0.873. The second-order valence-electron chi connectivity index (χ2n) is 10.2. The zero-order chi connectivity index (χ0) is 26.2. The van der Waals surface area contributed by atoms with Crippen LogP contribution in [0.25, 0.3) is 77.1 Å². The second kappa shape index (κ2) is 7.98. The molecule has 5 heteroatoms. The minimum absolute atomic E-state index is 0.873. The van der Waals surface area contributed by atoms with Gasteiger partial charge in [0.25, 0.3) is 0 Å². The van der Waals surface area contributed by atoms with Crippen LogP contribution in [0.15, 0.2) is 128 Å². The predicted molar refractivity (Wildman–Crippen MR) is 164 cm³/mol. The van der Waals surface area contributed by atoms with E-state index < -0.39 is 0 Å². The Morgan fingerprint density at radius 3 is 1.32 bits per heavy atom. The number of para-hydroxylation sites is 2. The van der Waals surface area contributed by atoms with E-state index in [4.69, 9.17) is 15.0 Å². The summed E-state index contributed by atoms with van der Waals surface area (Å²) in [4.78, 5) is 15.2. The van der Waals surface area contributed by atoms with E-state index in [9.17, 15) is 0 Å². The second-order valence-corrected chi connectivity index (χ2v) is 10.2. The van der Waals surface area contributed by atoms with E-state index in [0.717, 1.165) is 77.1 Å². The molecule has 9 rings (SSSR count). The van der Waals surface area contributed by atoms with E-state index in [2.05, 4.69) is 112 Å². The van der Waals surface area contributed by atoms with Gasteiger partial charge >= 0.3 is 0 Å². The van der Waals surface area contributed by atoms with Crippen molar-refractivity contribution in [3.63, 3.8) is 0 Å². The molecular weight excluding hydrogens is 490 g/mol. The van der Waals surface area contributed by atoms with Crippen LogP contribution in [0.4, 0.5) is 0 Å². The Morgan fingerprint density at radius 1 is 0.400 bits per heavy atom. The van der Waals surface area contributed by atoms with Crippen LogP contribution in [0.2, 0.25) is 0 Å². The highest BCUT2D eigenvalue weighted by molar-refractivity contribution is 6.15. The van der Waals surface area contributed by atoms with E-state index in [0.29, 0.717) is 0 Å². The van der Waals surface area contributed by atoms with E-state index >= 15 is 0 Å². The van der Waals surface area contributed by atoms with Crippen LogP contribution >= 0.6 is 0 Å². The van der Waals surface area contributed by atoms with Gasteiger partial charge in [-0.25, -0.2) is 15.0 Å². The molecule has 0 aliphatic heterocycles. The molecule has 0 N–H and O–H groups in total. The summed E-state index contributed by atoms with van der Waals surface area (Å²) < 4.78 is 4.47. The van der Waals surface area contributed by atoms with Crippen molar-refractivity contribution in [3.8, 4) is 11.6 Å². The molecule has 0 saturated heterocycles. The summed E-state index contributed by atoms with van der Waals surface area (Å²) in [6.45, 7) is 0. The molecule has 0 atom stereocenters. The number of pyridine rings is 3. The monoisotopic (exact) mass is 511 g/mol. The van der Waals surface area contributed by atoms with E-state index in [1.165, 1.54) is 0 Å². The van der Waals surface area contributed by atoms with E-state index in [1.54, 1.807) is 0 Å². The Labute approximate surface area is 228 Å². The molecule has 0 saturated carbocycles. The first-order chi connectivity index (χ1) is 19.8. The fourth-order valence-electron chi connectivity index (χ4n) is 6.11. The third-order valence-electron chi connectivity index (χ3n) is 7.96. The SMILES string of the molecule is c1ccc2cc(-n3c4ccccc4c4nc5c6ccccc6n(-c6cc7ccccc7cn6)c5cc43)ncc2c1. The largest absolute Gasteiger partial charge is 0.292 e. The average Bonchev–Trinajstić information content (AvgIpc) is 3.51. The molecule has 4 aromatic carbocycles. The standard InChI is InChI=1S/C35H21N5/c1-3-11-24-20-36-32(17-22(24)9-1)39-28-15-7-5-13-26(28)34-30(39)19-31-35(38-34)27-14-6-8-16-29(27)40(31)33-18-23-10-2-4-12-25(23)21-37-33/h1-21H. The molecule has 0 spiro atoms. The van der Waals surface area contributed by atoms with Crippen molar-refractivity contribution in [2.75, 3.05) is 0 Å². The molecule has 0 aliphatic carbocycles. The molecule has 0 amide bonds. The van der Waals surface area contributed by atoms with Crippen LogP contribution in [0.1, 0.15) is 0 Å². The van der Waals surface area contributed by atoms with Crippen LogP contribution in [-0.4, -0.2) is 24.1 Å². The number of nitrogens with zero attached hydrogens (tertiary/aromatic N) is 5. The van der Waals surface area contributed by atoms with Crippen molar-refractivity contribution in [2.45, 2.75) is 0 Å². The summed E-state index contributed by atoms with van der Waals surface area (Å²) in [6.07, 6.45) is 3.90. The molecule has 9 aromatic rings. The lowest BCUT2D eigenvalue weighted by molar-refractivity contribution is 1.08. The molecule has 0 fully saturated rings. The summed E-state index contributed by atoms with van der Waals surface area (Å²) in [5.41, 5.74) is 6.13. The molecular formula is C35H21N5. The fraction of sp³-hybridized carbons (Fsp3) is 0. The fourth-order valence-corrected chi connectivity index (χ4v) is 6.11. The lowest BCUT2D eigenvalue weighted by Crippen LogP contribution is -1.99. The number of fused-ring (bicyclic) bond motifs is 8. The molecule has 186 valence electrons. The van der Waals surface area contributed by atoms with E-state index in [-0.39, 0.29) is 0 Å². The van der Waals surface area contributed by atoms with Crippen LogP contribution in [0.3, 0.4) is 0 Å². The lowest BCUT2D eigenvalue weighted by atomic mass is 10.2. The van der Waals surface area contributed by atoms with Crippen molar-refractivity contribution < 1.29 is 0 Å². The first-order valence-corrected chi connectivity index (χ1v) is 13.4. The Balaban J connectivity index is 1.43. The van der Waals surface area contributed by atoms with Gasteiger partial charge in [0.1, 0.15) is 11.6 Å². The normalized spacial score (nSPS) is 12.0. The maximum Gasteiger partial charge on any atom is 0.138 e. The molecule has 0 unspecified atom stereocenters. The van der Waals surface area contributed by atoms with Gasteiger partial charge < -0.3 is 0 Å². The summed E-state index contributed by atoms with van der Waals surface area (Å²) in [5, 5.41) is 6.76. The Hall–Kier alpha value is -5.55. The predicted octanol–water partition coefficient (Wildman–Crippen LogP) is 8.37. The number of hydrogen-bond acceptors (Lipinski definition) is 3. The maximum atomic E-state index is 5.35. The number of benzene rings is 4. The van der Waals surface area contributed by atoms with Crippen molar-refractivity contribution in [2.24, 2.45) is 0 Å². The first-order valence-electron chi connectivity index (χ1n) is 13.4. The van der Waals surface area contributed by atoms with Gasteiger partial charge in [-0.3, -0.25) is 9.13 Å². The topological polar surface area (TPSA) is 48.5 Å². The lowest BCUT2D eigenvalue weighted by Gasteiger charge is -2.10. The third kappa shape index (κ3) is 2.94. The van der Waals surface area contributed by atoms with Gasteiger partial charge in [0, 0.05) is 33.9 Å². The highest BCUT2D eigenvalue weighted by atomic mass is 15.1. The molecule has 0 aliphatic rings. The quantitative estimate of drug-likeness (QED) is 0.234. The van der Waals surface area contributed by atoms with Crippen molar-refractivity contribution in [1.82, 2.24) is 24.1 Å². The Kier molecular flexibility index (Phi) is 4.27. The molecule has 0 radical (unpaired) electrons. The summed E-state index contributed by atoms with van der Waals surface area (Å²) in [6, 6.07) is 40.2. The smallest absolute Gasteiger partial charge is 0.138 e. The minimum Gasteiger partial charge on any atom is -0.292 e. The van der Waals surface area contributed by atoms with Crippen molar-refractivity contribution >= 4 is 65.4 Å². The summed E-state index contributed by atoms with van der Waals surface area (Å²) >= 11 is 0. The van der Waals surface area contributed by atoms with Crippen molar-refractivity contribution in [1.29, 1.82) is 0 Å². The van der Waals surface area contributed by atoms with Gasteiger partial charge in [-0.1, -0.05) is 84.9 Å². The first kappa shape index (κ1) is 21.4. The van der Waals surface area contributed by atoms with Gasteiger partial charge in [0.2, 0.25) is 0 Å². The molecule has 5 heterocycles. The molecule has 40 heavy (non-hydrogen) atoms. The van der Waals surface area contributed by atoms with Gasteiger partial charge in [-0.15, -0.1) is 0 Å². The Bertz CT molecular complexity index is 2280. The highest BCUT2D eigenvalue weighted by Gasteiger charge is 2.20. The van der Waals surface area contributed by atoms with Crippen molar-refractivity contribution in [3.05, 3.63) is 128 Å². The van der Waals surface area contributed by atoms with Crippen LogP contribution in [-0.2, 0) is 0 Å². The molecule has 0 bridgehead atoms. The van der Waals surface area contributed by atoms with E-state index in [1.807, 2.05) is 24.5 Å². The Morgan fingerprint density at radius 2 is 0.825 bits per heavy atom. The molecule has 5 aromatic heterocycles. The van der Waals surface area contributed by atoms with Gasteiger partial charge in [-0.05, 0) is 41.1 Å². The molecule has 5 nitrogen and oxygen atoms in total. The van der Waals surface area contributed by atoms with Gasteiger partial charge in [0.15, 0.2) is 0 Å². The summed E-state index contributed by atoms with van der Waals surface area (Å²) in [5.74, 6) is 1.75. The third-order valence-corrected chi connectivity index (χ3v) is 7.96. The van der Waals surface area contributed by atoms with Crippen LogP contribution in [0, 0.1) is 0 Å². The zero-order valence-corrected chi connectivity index (χ0v) is 21.4. The number of hydrogen-bond donors (Lipinski definition) is 0.